The Morgan fingerprint density at radius 2 is 0.843 bits per heavy atom. The number of aryl methyl sites for hydroxylation is 4. The van der Waals surface area contributed by atoms with Crippen molar-refractivity contribution < 1.29 is 0 Å². The summed E-state index contributed by atoms with van der Waals surface area (Å²) in [4.78, 5) is 21.6. The van der Waals surface area contributed by atoms with Crippen LogP contribution in [-0.4, -0.2) is 162 Å². The van der Waals surface area contributed by atoms with Crippen molar-refractivity contribution in [3.8, 4) is 0 Å². The second kappa shape index (κ2) is 55.2. The fraction of sp³-hybridized carbons (Fsp3) is 0.762. The molecule has 0 atom stereocenters. The first-order chi connectivity index (χ1) is 58.0. The van der Waals surface area contributed by atoms with Crippen LogP contribution in [0, 0.1) is 106 Å². The van der Waals surface area contributed by atoms with Gasteiger partial charge in [0.05, 0.1) is 34.0 Å². The van der Waals surface area contributed by atoms with Crippen molar-refractivity contribution in [2.24, 2.45) is 70.9 Å². The summed E-state index contributed by atoms with van der Waals surface area (Å²) in [7, 11) is 0. The molecule has 9 aromatic rings. The van der Waals surface area contributed by atoms with Gasteiger partial charge in [-0.25, -0.2) is 34.0 Å². The maximum Gasteiger partial charge on any atom is 0.222 e. The summed E-state index contributed by atoms with van der Waals surface area (Å²) in [6.45, 7) is 106. The summed E-state index contributed by atoms with van der Waals surface area (Å²) in [6, 6.07) is 7.88. The fourth-order valence-electron chi connectivity index (χ4n) is 12.4. The first-order valence-electron chi connectivity index (χ1n) is 46.8. The normalized spacial score (nSPS) is 14.1. The maximum absolute atomic E-state index is 4.22. The van der Waals surface area contributed by atoms with Gasteiger partial charge >= 0.3 is 0 Å². The number of rotatable bonds is 14. The molecule has 9 aromatic heterocycles. The van der Waals surface area contributed by atoms with Crippen LogP contribution < -0.4 is 10.6 Å². The first-order valence-corrected chi connectivity index (χ1v) is 48.6. The van der Waals surface area contributed by atoms with E-state index in [9.17, 15) is 0 Å². The van der Waals surface area contributed by atoms with Gasteiger partial charge in [0.1, 0.15) is 5.82 Å². The van der Waals surface area contributed by atoms with Gasteiger partial charge in [0.15, 0.2) is 5.13 Å². The van der Waals surface area contributed by atoms with Crippen LogP contribution in [0.5, 0.6) is 0 Å². The Balaban J connectivity index is 0.000000693. The highest BCUT2D eigenvalue weighted by atomic mass is 32.1. The van der Waals surface area contributed by atoms with E-state index >= 15 is 0 Å². The minimum Gasteiger partial charge on any atom is -0.361 e. The average Bonchev–Trinajstić information content (AvgIpc) is 1.68. The van der Waals surface area contributed by atoms with E-state index in [1.165, 1.54) is 101 Å². The number of likely N-dealkylation sites (tertiary alicyclic amines) is 2. The fourth-order valence-corrected chi connectivity index (χ4v) is 13.9. The number of tetrazole rings is 1. The van der Waals surface area contributed by atoms with E-state index in [-0.39, 0.29) is 27.1 Å². The summed E-state index contributed by atoms with van der Waals surface area (Å²) in [5.74, 6) is 2.67. The van der Waals surface area contributed by atoms with Crippen molar-refractivity contribution in [1.29, 1.82) is 0 Å². The zero-order chi connectivity index (χ0) is 97.1. The summed E-state index contributed by atoms with van der Waals surface area (Å²) >= 11 is 3.38. The van der Waals surface area contributed by atoms with Gasteiger partial charge in [0.2, 0.25) is 5.95 Å². The maximum atomic E-state index is 4.22. The number of hydrogen-bond acceptors (Lipinski definition) is 20. The van der Waals surface area contributed by atoms with Crippen molar-refractivity contribution in [2.45, 2.75) is 381 Å². The monoisotopic (exact) mass is 1800 g/mol. The van der Waals surface area contributed by atoms with Crippen LogP contribution >= 0.6 is 22.7 Å². The number of nitrogens with zero attached hydrogens (tertiary/aromatic N) is 22. The molecule has 3 fully saturated rings. The second-order valence-corrected chi connectivity index (χ2v) is 51.2. The molecule has 0 aromatic carbocycles. The largest absolute Gasteiger partial charge is 0.361 e. The molecule has 11 heterocycles. The van der Waals surface area contributed by atoms with Gasteiger partial charge in [-0.1, -0.05) is 284 Å². The number of nitrogens with one attached hydrogen (secondary N) is 2. The SMILES string of the molecule is CC(C)(C)CC1CC1.CC(C)(C)CN1CCCC1.CC(C)(C)CN1CCCCC1.CC(C)(C)CNc1ncccn1.CC(C)(C)CNc1nccs1.CC(C)(C)Cc1nccs1.CC(C)(C)Cn1cccc1.CC(C)(C)Cn1cccn1.Cc1cn(CC(C)(C)C)nn1.Cc1cnnn1CC(C)(C)C.Cc1nnn(CC(C)(C)C)c1C.Cc1nnnn1CC(C)(C)C. The number of anilines is 2. The third-order valence-electron chi connectivity index (χ3n) is 17.8. The van der Waals surface area contributed by atoms with Crippen LogP contribution in [0.3, 0.4) is 0 Å². The first kappa shape index (κ1) is 118. The summed E-state index contributed by atoms with van der Waals surface area (Å²) in [6.07, 6.45) is 31.5. The molecular formula is C101H188N24S2. The molecule has 0 radical (unpaired) electrons. The molecule has 0 spiro atoms. The lowest BCUT2D eigenvalue weighted by atomic mass is 9.90. The summed E-state index contributed by atoms with van der Waals surface area (Å²) in [5, 5.41) is 51.8. The Morgan fingerprint density at radius 1 is 0.378 bits per heavy atom. The van der Waals surface area contributed by atoms with Crippen molar-refractivity contribution in [3.63, 3.8) is 0 Å². The van der Waals surface area contributed by atoms with E-state index in [0.29, 0.717) is 43.9 Å². The lowest BCUT2D eigenvalue weighted by Crippen LogP contribution is -2.36. The van der Waals surface area contributed by atoms with Crippen LogP contribution in [0.4, 0.5) is 11.1 Å². The molecular weight excluding hydrogens is 1610 g/mol. The zero-order valence-electron chi connectivity index (χ0n) is 88.7. The van der Waals surface area contributed by atoms with Crippen LogP contribution in [0.2, 0.25) is 0 Å². The molecule has 724 valence electrons. The van der Waals surface area contributed by atoms with Gasteiger partial charge in [-0.05, 0) is 198 Å². The van der Waals surface area contributed by atoms with Gasteiger partial charge in [0.25, 0.3) is 0 Å². The molecule has 1 saturated carbocycles. The Morgan fingerprint density at radius 3 is 1.20 bits per heavy atom. The molecule has 3 aliphatic rings. The van der Waals surface area contributed by atoms with E-state index in [0.717, 1.165) is 92.7 Å². The highest BCUT2D eigenvalue weighted by Crippen LogP contribution is 2.39. The summed E-state index contributed by atoms with van der Waals surface area (Å²) in [5.41, 5.74) is 8.60. The van der Waals surface area contributed by atoms with Crippen LogP contribution in [0.15, 0.2) is 97.0 Å². The van der Waals surface area contributed by atoms with Gasteiger partial charge in [-0.15, -0.1) is 43.1 Å². The molecule has 2 aliphatic heterocycles. The van der Waals surface area contributed by atoms with E-state index < -0.39 is 0 Å². The Bertz CT molecular complexity index is 3960. The molecule has 26 heteroatoms. The lowest BCUT2D eigenvalue weighted by Gasteiger charge is -2.32. The molecule has 0 unspecified atom stereocenters. The van der Waals surface area contributed by atoms with E-state index in [2.05, 4.69) is 377 Å². The van der Waals surface area contributed by atoms with E-state index in [4.69, 9.17) is 0 Å². The second-order valence-electron chi connectivity index (χ2n) is 49.4. The van der Waals surface area contributed by atoms with Crippen molar-refractivity contribution in [3.05, 3.63) is 131 Å². The average molecular weight is 1800 g/mol. The van der Waals surface area contributed by atoms with Crippen LogP contribution in [0.25, 0.3) is 0 Å². The predicted octanol–water partition coefficient (Wildman–Crippen LogP) is 25.4. The van der Waals surface area contributed by atoms with Gasteiger partial charge in [-0.3, -0.25) is 9.36 Å². The Labute approximate surface area is 783 Å². The molecule has 0 bridgehead atoms. The quantitative estimate of drug-likeness (QED) is 0.103. The molecule has 2 N–H and O–H groups in total. The number of thiazole rings is 2. The molecule has 24 nitrogen and oxygen atoms in total. The number of piperidine rings is 1. The van der Waals surface area contributed by atoms with Crippen molar-refractivity contribution in [2.75, 3.05) is 63.0 Å². The standard InChI is InChI=1S/C10H21N.C9H17N3.C9H15N3.C9H19N.C9H15N.2C8H15N3.C8H14N2S.C8H14N2.C8H13NS.C8H16.C7H14N4/c1-10(2,3)9-11-7-5-4-6-8-11;1-7-8(2)12(11-10-7)6-9(3,4)5;1-9(2,3)7-12-8-10-5-4-6-11-8;2*1-9(2,3)8-10-6-4-5-7-10;1-7-5-11(10-9-7)6-8(2,3)4;1-7-5-9-10-11(7)6-8(2,3)4;1-8(2,3)6-10-7-9-4-5-11-7;1-8(2,3)7-10-6-4-5-9-10;1-8(2,3)6-7-9-4-5-10-7;1-8(2,3)6-7-4-5-7;1-6-8-9-10-11(6)5-7(2,3)4/h4-9H2,1-3H3;6H2,1-5H3;4-6H,7H2,1-3H3,(H,10,11,12);4-8H2,1-3H3;4-7H,8H2,1-3H3;2*5H,6H2,1-4H3;4-5H,6H2,1-3H3,(H,9,10);4-6H,7H2,1-3H3;4-5H,6H2,1-3H3;7H,4-6H2,1-3H3;5H2,1-4H3. The van der Waals surface area contributed by atoms with Crippen molar-refractivity contribution in [1.82, 2.24) is 109 Å². The predicted molar refractivity (Wildman–Crippen MR) is 542 cm³/mol. The Hall–Kier alpha value is -7.16. The molecule has 1 aliphatic carbocycles. The van der Waals surface area contributed by atoms with Crippen LogP contribution in [-0.2, 0) is 45.7 Å². The van der Waals surface area contributed by atoms with Crippen LogP contribution in [0.1, 0.15) is 334 Å². The minimum absolute atomic E-state index is 0.236. The van der Waals surface area contributed by atoms with Gasteiger partial charge < -0.3 is 25.0 Å². The van der Waals surface area contributed by atoms with Gasteiger partial charge in [0, 0.05) is 138 Å². The van der Waals surface area contributed by atoms with E-state index in [1.54, 1.807) is 41.3 Å². The Kier molecular flexibility index (Phi) is 51.3. The third-order valence-corrected chi connectivity index (χ3v) is 19.3. The highest BCUT2D eigenvalue weighted by Gasteiger charge is 2.27. The summed E-state index contributed by atoms with van der Waals surface area (Å²) < 4.78 is 11.8. The number of hydrogen-bond donors (Lipinski definition) is 2. The van der Waals surface area contributed by atoms with Crippen molar-refractivity contribution >= 4 is 33.8 Å². The van der Waals surface area contributed by atoms with Gasteiger partial charge in [-0.2, -0.15) is 5.10 Å². The smallest absolute Gasteiger partial charge is 0.222 e. The third kappa shape index (κ3) is 71.3. The highest BCUT2D eigenvalue weighted by molar-refractivity contribution is 7.13. The molecule has 12 rings (SSSR count). The minimum atomic E-state index is 0.236. The molecule has 2 saturated heterocycles. The topological polar surface area (TPSA) is 241 Å². The number of aromatic nitrogens is 20. The lowest BCUT2D eigenvalue weighted by molar-refractivity contribution is 0.164. The molecule has 127 heavy (non-hydrogen) atoms. The molecule has 0 amide bonds. The van der Waals surface area contributed by atoms with E-state index in [1.807, 2.05) is 105 Å². The zero-order valence-corrected chi connectivity index (χ0v) is 90.4.